The molecule has 0 unspecified atom stereocenters. The van der Waals surface area contributed by atoms with Crippen molar-refractivity contribution in [3.8, 4) is 0 Å². The van der Waals surface area contributed by atoms with Crippen molar-refractivity contribution in [1.82, 2.24) is 9.03 Å². The van der Waals surface area contributed by atoms with E-state index in [1.54, 1.807) is 0 Å². The van der Waals surface area contributed by atoms with Gasteiger partial charge in [0, 0.05) is 19.6 Å². The quantitative estimate of drug-likeness (QED) is 0.629. The van der Waals surface area contributed by atoms with Gasteiger partial charge in [0.1, 0.15) is 0 Å². The maximum Gasteiger partial charge on any atom is 0.306 e. The number of carbonyl (C=O) groups excluding carboxylic acids is 1. The van der Waals surface area contributed by atoms with Crippen molar-refractivity contribution in [2.45, 2.75) is 25.3 Å². The van der Waals surface area contributed by atoms with Crippen molar-refractivity contribution in [2.75, 3.05) is 20.7 Å². The lowest BCUT2D eigenvalue weighted by molar-refractivity contribution is -0.140. The molecule has 7 heteroatoms. The third-order valence-electron chi connectivity index (χ3n) is 2.16. The van der Waals surface area contributed by atoms with Gasteiger partial charge in [-0.05, 0) is 12.8 Å². The zero-order chi connectivity index (χ0) is 11.5. The number of nitrogens with one attached hydrogen (secondary N) is 1. The summed E-state index contributed by atoms with van der Waals surface area (Å²) in [5.41, 5.74) is 0. The van der Waals surface area contributed by atoms with Crippen LogP contribution in [0.3, 0.4) is 0 Å². The molecule has 0 aromatic rings. The second kappa shape index (κ2) is 4.91. The van der Waals surface area contributed by atoms with Crippen LogP contribution in [0, 0.1) is 0 Å². The fraction of sp³-hybridized carbons (Fsp3) is 0.875. The van der Waals surface area contributed by atoms with E-state index in [2.05, 4.69) is 9.46 Å². The molecule has 1 N–H and O–H groups in total. The summed E-state index contributed by atoms with van der Waals surface area (Å²) in [5.74, 6) is -0.413. The Morgan fingerprint density at radius 2 is 2.13 bits per heavy atom. The van der Waals surface area contributed by atoms with Crippen molar-refractivity contribution >= 4 is 16.2 Å². The van der Waals surface area contributed by atoms with E-state index in [0.717, 1.165) is 17.1 Å². The Hall–Kier alpha value is -0.660. The number of hydrogen-bond acceptors (Lipinski definition) is 4. The molecule has 1 rings (SSSR count). The van der Waals surface area contributed by atoms with Gasteiger partial charge in [-0.15, -0.1) is 0 Å². The highest BCUT2D eigenvalue weighted by Gasteiger charge is 2.29. The van der Waals surface area contributed by atoms with Gasteiger partial charge in [0.25, 0.3) is 10.2 Å². The average molecular weight is 236 g/mol. The molecule has 0 radical (unpaired) electrons. The number of methoxy groups -OCH3 is 1. The van der Waals surface area contributed by atoms with Crippen LogP contribution < -0.4 is 4.72 Å². The van der Waals surface area contributed by atoms with Crippen LogP contribution in [0.25, 0.3) is 0 Å². The van der Waals surface area contributed by atoms with Crippen LogP contribution in [0.1, 0.15) is 19.3 Å². The monoisotopic (exact) mass is 236 g/mol. The lowest BCUT2D eigenvalue weighted by atomic mass is 10.4. The molecule has 1 fully saturated rings. The van der Waals surface area contributed by atoms with E-state index in [9.17, 15) is 13.2 Å². The van der Waals surface area contributed by atoms with E-state index < -0.39 is 16.2 Å². The summed E-state index contributed by atoms with van der Waals surface area (Å²) in [6, 6.07) is 0.0792. The fourth-order valence-electron chi connectivity index (χ4n) is 0.973. The van der Waals surface area contributed by atoms with E-state index >= 15 is 0 Å². The zero-order valence-electron chi connectivity index (χ0n) is 8.89. The SMILES string of the molecule is COC(=O)CCN(C)S(=O)(=O)NC1CC1. The van der Waals surface area contributed by atoms with Crippen LogP contribution in [0.2, 0.25) is 0 Å². The summed E-state index contributed by atoms with van der Waals surface area (Å²) in [4.78, 5) is 10.8. The van der Waals surface area contributed by atoms with E-state index in [4.69, 9.17) is 0 Å². The van der Waals surface area contributed by atoms with Crippen LogP contribution in [0.4, 0.5) is 0 Å². The third kappa shape index (κ3) is 4.15. The van der Waals surface area contributed by atoms with Crippen LogP contribution in [-0.4, -0.2) is 45.4 Å². The summed E-state index contributed by atoms with van der Waals surface area (Å²) in [6.07, 6.45) is 1.85. The molecule has 88 valence electrons. The van der Waals surface area contributed by atoms with E-state index in [1.807, 2.05) is 0 Å². The number of ether oxygens (including phenoxy) is 1. The Morgan fingerprint density at radius 1 is 1.53 bits per heavy atom. The summed E-state index contributed by atoms with van der Waals surface area (Å²) in [6.45, 7) is 0.134. The molecule has 0 atom stereocenters. The molecular weight excluding hydrogens is 220 g/mol. The average Bonchev–Trinajstić information content (AvgIpc) is 2.96. The van der Waals surface area contributed by atoms with Gasteiger partial charge in [-0.1, -0.05) is 0 Å². The summed E-state index contributed by atoms with van der Waals surface area (Å²) in [7, 11) is -0.710. The topological polar surface area (TPSA) is 75.7 Å². The second-order valence-corrected chi connectivity index (χ2v) is 5.35. The Balaban J connectivity index is 2.37. The number of carbonyl (C=O) groups is 1. The predicted octanol–water partition coefficient (Wildman–Crippen LogP) is -0.522. The van der Waals surface area contributed by atoms with Gasteiger partial charge in [-0.2, -0.15) is 17.4 Å². The molecule has 1 aliphatic rings. The Bertz CT molecular complexity index is 324. The first-order chi connectivity index (χ1) is 6.95. The van der Waals surface area contributed by atoms with Crippen molar-refractivity contribution < 1.29 is 17.9 Å². The molecule has 0 aromatic heterocycles. The highest BCUT2D eigenvalue weighted by atomic mass is 32.2. The van der Waals surface area contributed by atoms with Crippen molar-refractivity contribution in [3.05, 3.63) is 0 Å². The van der Waals surface area contributed by atoms with Gasteiger partial charge in [0.05, 0.1) is 13.5 Å². The number of hydrogen-bond donors (Lipinski definition) is 1. The first kappa shape index (κ1) is 12.4. The maximum absolute atomic E-state index is 11.5. The van der Waals surface area contributed by atoms with Gasteiger partial charge in [-0.25, -0.2) is 0 Å². The minimum absolute atomic E-state index is 0.0680. The minimum Gasteiger partial charge on any atom is -0.469 e. The number of esters is 1. The van der Waals surface area contributed by atoms with Crippen molar-refractivity contribution in [1.29, 1.82) is 0 Å². The van der Waals surface area contributed by atoms with Crippen LogP contribution in [-0.2, 0) is 19.7 Å². The second-order valence-electron chi connectivity index (χ2n) is 3.54. The molecule has 6 nitrogen and oxygen atoms in total. The van der Waals surface area contributed by atoms with E-state index in [1.165, 1.54) is 14.2 Å². The summed E-state index contributed by atoms with van der Waals surface area (Å²) in [5, 5.41) is 0. The molecule has 0 bridgehead atoms. The molecule has 0 aromatic carbocycles. The molecule has 15 heavy (non-hydrogen) atoms. The fourth-order valence-corrected chi connectivity index (χ4v) is 2.14. The van der Waals surface area contributed by atoms with Crippen molar-refractivity contribution in [2.24, 2.45) is 0 Å². The van der Waals surface area contributed by atoms with Crippen molar-refractivity contribution in [3.63, 3.8) is 0 Å². The van der Waals surface area contributed by atoms with Gasteiger partial charge >= 0.3 is 5.97 Å². The maximum atomic E-state index is 11.5. The van der Waals surface area contributed by atoms with Gasteiger partial charge in [0.15, 0.2) is 0 Å². The molecule has 0 heterocycles. The third-order valence-corrected chi connectivity index (χ3v) is 3.80. The van der Waals surface area contributed by atoms with E-state index in [-0.39, 0.29) is 19.0 Å². The molecule has 1 saturated carbocycles. The van der Waals surface area contributed by atoms with Crippen LogP contribution in [0.5, 0.6) is 0 Å². The first-order valence-corrected chi connectivity index (χ1v) is 6.20. The normalized spacial score (nSPS) is 16.7. The molecule has 0 aliphatic heterocycles. The first-order valence-electron chi connectivity index (χ1n) is 4.76. The zero-order valence-corrected chi connectivity index (χ0v) is 9.71. The van der Waals surface area contributed by atoms with Crippen LogP contribution >= 0.6 is 0 Å². The standard InChI is InChI=1S/C8H16N2O4S/c1-10(6-5-8(11)14-2)15(12,13)9-7-3-4-7/h7,9H,3-6H2,1-2H3. The molecule has 0 amide bonds. The van der Waals surface area contributed by atoms with Gasteiger partial charge in [-0.3, -0.25) is 4.79 Å². The number of rotatable bonds is 6. The largest absolute Gasteiger partial charge is 0.469 e. The highest BCUT2D eigenvalue weighted by molar-refractivity contribution is 7.87. The lowest BCUT2D eigenvalue weighted by Crippen LogP contribution is -2.40. The van der Waals surface area contributed by atoms with Gasteiger partial charge in [0.2, 0.25) is 0 Å². The predicted molar refractivity (Wildman–Crippen MR) is 54.3 cm³/mol. The smallest absolute Gasteiger partial charge is 0.306 e. The Labute approximate surface area is 89.8 Å². The molecule has 0 spiro atoms. The van der Waals surface area contributed by atoms with Crippen LogP contribution in [0.15, 0.2) is 0 Å². The highest BCUT2D eigenvalue weighted by Crippen LogP contribution is 2.20. The molecule has 1 aliphatic carbocycles. The Kier molecular flexibility index (Phi) is 4.06. The van der Waals surface area contributed by atoms with E-state index in [0.29, 0.717) is 0 Å². The minimum atomic E-state index is -3.43. The summed E-state index contributed by atoms with van der Waals surface area (Å²) >= 11 is 0. The lowest BCUT2D eigenvalue weighted by Gasteiger charge is -2.16. The Morgan fingerprint density at radius 3 is 2.60 bits per heavy atom. The molecular formula is C8H16N2O4S. The number of nitrogens with zero attached hydrogens (tertiary/aromatic N) is 1. The summed E-state index contributed by atoms with van der Waals surface area (Å²) < 4.78 is 31.2. The molecule has 0 saturated heterocycles. The van der Waals surface area contributed by atoms with Gasteiger partial charge < -0.3 is 4.74 Å².